The Balaban J connectivity index is 2.70. The molecule has 0 aromatic heterocycles. The minimum absolute atomic E-state index is 0.253. The van der Waals surface area contributed by atoms with Gasteiger partial charge in [0.05, 0.1) is 0 Å². The van der Waals surface area contributed by atoms with E-state index >= 15 is 0 Å². The van der Waals surface area contributed by atoms with Crippen molar-refractivity contribution in [2.75, 3.05) is 11.6 Å². The average Bonchev–Trinajstić information content (AvgIpc) is 2.45. The van der Waals surface area contributed by atoms with Gasteiger partial charge in [-0.15, -0.1) is 11.8 Å². The summed E-state index contributed by atoms with van der Waals surface area (Å²) in [4.78, 5) is 25.6. The lowest BCUT2D eigenvalue weighted by molar-refractivity contribution is -0.157. The van der Waals surface area contributed by atoms with Crippen LogP contribution in [-0.4, -0.2) is 29.9 Å². The average molecular weight is 353 g/mol. The molecule has 2 N–H and O–H groups in total. The fourth-order valence-corrected chi connectivity index (χ4v) is 2.47. The number of hydrogen-bond acceptors (Lipinski definition) is 4. The van der Waals surface area contributed by atoms with Crippen LogP contribution in [0, 0.1) is 5.92 Å². The maximum atomic E-state index is 12.3. The van der Waals surface area contributed by atoms with Gasteiger partial charge in [-0.25, -0.2) is 9.59 Å². The lowest BCUT2D eigenvalue weighted by atomic mass is 10.0. The molecule has 134 valence electrons. The van der Waals surface area contributed by atoms with Crippen molar-refractivity contribution in [3.8, 4) is 0 Å². The van der Waals surface area contributed by atoms with Gasteiger partial charge < -0.3 is 15.4 Å². The van der Waals surface area contributed by atoms with Crippen LogP contribution in [-0.2, 0) is 9.53 Å². The largest absolute Gasteiger partial charge is 0.458 e. The van der Waals surface area contributed by atoms with E-state index < -0.39 is 23.6 Å². The Morgan fingerprint density at radius 1 is 1.17 bits per heavy atom. The first kappa shape index (κ1) is 20.4. The number of carbonyl (C=O) groups excluding carboxylic acids is 2. The number of thioether (sulfide) groups is 1. The van der Waals surface area contributed by atoms with Crippen molar-refractivity contribution in [3.63, 3.8) is 0 Å². The zero-order valence-corrected chi connectivity index (χ0v) is 16.1. The van der Waals surface area contributed by atoms with Crippen LogP contribution in [0.5, 0.6) is 0 Å². The standard InChI is InChI=1S/C18H28N2O3S/c1-12(2)11-15(16(21)23-18(3,4)5)20-17(22)19-13-7-9-14(24-6)10-8-13/h7-10,12,15H,11H2,1-6H3,(H2,19,20,22). The zero-order chi connectivity index (χ0) is 18.3. The fourth-order valence-electron chi connectivity index (χ4n) is 2.06. The summed E-state index contributed by atoms with van der Waals surface area (Å²) in [7, 11) is 0. The van der Waals surface area contributed by atoms with Crippen LogP contribution >= 0.6 is 11.8 Å². The zero-order valence-electron chi connectivity index (χ0n) is 15.3. The highest BCUT2D eigenvalue weighted by Gasteiger charge is 2.27. The van der Waals surface area contributed by atoms with Crippen molar-refractivity contribution < 1.29 is 14.3 Å². The summed E-state index contributed by atoms with van der Waals surface area (Å²) in [6.45, 7) is 9.43. The molecule has 1 unspecified atom stereocenters. The van der Waals surface area contributed by atoms with Crippen LogP contribution in [0.1, 0.15) is 41.0 Å². The molecule has 0 bridgehead atoms. The SMILES string of the molecule is CSc1ccc(NC(=O)NC(CC(C)C)C(=O)OC(C)(C)C)cc1. The Morgan fingerprint density at radius 2 is 1.75 bits per heavy atom. The predicted molar refractivity (Wildman–Crippen MR) is 99.5 cm³/mol. The third kappa shape index (κ3) is 7.73. The number of ether oxygens (including phenoxy) is 1. The third-order valence-electron chi connectivity index (χ3n) is 3.05. The molecule has 1 aromatic carbocycles. The Morgan fingerprint density at radius 3 is 2.21 bits per heavy atom. The van der Waals surface area contributed by atoms with Crippen molar-refractivity contribution in [3.05, 3.63) is 24.3 Å². The number of benzene rings is 1. The molecular formula is C18H28N2O3S. The fraction of sp³-hybridized carbons (Fsp3) is 0.556. The third-order valence-corrected chi connectivity index (χ3v) is 3.80. The number of urea groups is 1. The molecule has 6 heteroatoms. The van der Waals surface area contributed by atoms with Gasteiger partial charge in [0.15, 0.2) is 0 Å². The molecule has 0 radical (unpaired) electrons. The first-order chi connectivity index (χ1) is 11.1. The molecular weight excluding hydrogens is 324 g/mol. The molecule has 1 aromatic rings. The van der Waals surface area contributed by atoms with Crippen LogP contribution in [0.3, 0.4) is 0 Å². The Hall–Kier alpha value is -1.69. The molecule has 0 aliphatic carbocycles. The van der Waals surface area contributed by atoms with Crippen LogP contribution < -0.4 is 10.6 Å². The molecule has 0 aliphatic heterocycles. The maximum Gasteiger partial charge on any atom is 0.329 e. The summed E-state index contributed by atoms with van der Waals surface area (Å²) >= 11 is 1.63. The molecule has 0 saturated heterocycles. The molecule has 0 heterocycles. The quantitative estimate of drug-likeness (QED) is 0.592. The molecule has 0 spiro atoms. The molecule has 1 atom stereocenters. The van der Waals surface area contributed by atoms with Gasteiger partial charge in [0.2, 0.25) is 0 Å². The van der Waals surface area contributed by atoms with E-state index in [4.69, 9.17) is 4.74 Å². The van der Waals surface area contributed by atoms with Crippen LogP contribution in [0.4, 0.5) is 10.5 Å². The highest BCUT2D eigenvalue weighted by atomic mass is 32.2. The number of carbonyl (C=O) groups is 2. The summed E-state index contributed by atoms with van der Waals surface area (Å²) in [5.41, 5.74) is 0.0933. The summed E-state index contributed by atoms with van der Waals surface area (Å²) in [5.74, 6) is -0.159. The van der Waals surface area contributed by atoms with Gasteiger partial charge in [-0.05, 0) is 63.6 Å². The number of rotatable bonds is 6. The van der Waals surface area contributed by atoms with Gasteiger partial charge >= 0.3 is 12.0 Å². The van der Waals surface area contributed by atoms with Gasteiger partial charge in [-0.3, -0.25) is 0 Å². The van der Waals surface area contributed by atoms with Gasteiger partial charge in [0.25, 0.3) is 0 Å². The van der Waals surface area contributed by atoms with Crippen molar-refractivity contribution in [1.82, 2.24) is 5.32 Å². The second-order valence-corrected chi connectivity index (χ2v) is 7.92. The Labute approximate surface area is 148 Å². The topological polar surface area (TPSA) is 67.4 Å². The van der Waals surface area contributed by atoms with E-state index in [1.165, 1.54) is 0 Å². The van der Waals surface area contributed by atoms with Crippen molar-refractivity contribution >= 4 is 29.4 Å². The molecule has 24 heavy (non-hydrogen) atoms. The minimum Gasteiger partial charge on any atom is -0.458 e. The molecule has 0 saturated carbocycles. The Bertz CT molecular complexity index is 550. The number of amides is 2. The normalized spacial score (nSPS) is 12.6. The highest BCUT2D eigenvalue weighted by molar-refractivity contribution is 7.98. The summed E-state index contributed by atoms with van der Waals surface area (Å²) in [6.07, 6.45) is 2.51. The van der Waals surface area contributed by atoms with Crippen molar-refractivity contribution in [1.29, 1.82) is 0 Å². The van der Waals surface area contributed by atoms with Crippen LogP contribution in [0.15, 0.2) is 29.2 Å². The van der Waals surface area contributed by atoms with E-state index in [9.17, 15) is 9.59 Å². The van der Waals surface area contributed by atoms with Gasteiger partial charge in [-0.1, -0.05) is 13.8 Å². The first-order valence-corrected chi connectivity index (χ1v) is 9.27. The Kier molecular flexibility index (Phi) is 7.60. The predicted octanol–water partition coefficient (Wildman–Crippen LogP) is 4.29. The smallest absolute Gasteiger partial charge is 0.329 e. The van der Waals surface area contributed by atoms with E-state index in [1.54, 1.807) is 11.8 Å². The molecule has 0 fully saturated rings. The van der Waals surface area contributed by atoms with E-state index in [2.05, 4.69) is 10.6 Å². The second-order valence-electron chi connectivity index (χ2n) is 7.04. The summed E-state index contributed by atoms with van der Waals surface area (Å²) < 4.78 is 5.40. The second kappa shape index (κ2) is 8.97. The maximum absolute atomic E-state index is 12.3. The first-order valence-electron chi connectivity index (χ1n) is 8.05. The minimum atomic E-state index is -0.672. The number of nitrogens with one attached hydrogen (secondary N) is 2. The molecule has 0 aliphatic rings. The van der Waals surface area contributed by atoms with E-state index in [1.807, 2.05) is 65.1 Å². The van der Waals surface area contributed by atoms with Crippen molar-refractivity contribution in [2.45, 2.75) is 57.6 Å². The molecule has 1 rings (SSSR count). The van der Waals surface area contributed by atoms with Crippen LogP contribution in [0.25, 0.3) is 0 Å². The van der Waals surface area contributed by atoms with E-state index in [0.717, 1.165) is 4.90 Å². The van der Waals surface area contributed by atoms with Gasteiger partial charge in [0, 0.05) is 10.6 Å². The molecule has 2 amide bonds. The number of anilines is 1. The van der Waals surface area contributed by atoms with Crippen LogP contribution in [0.2, 0.25) is 0 Å². The van der Waals surface area contributed by atoms with Gasteiger partial charge in [-0.2, -0.15) is 0 Å². The monoisotopic (exact) mass is 352 g/mol. The summed E-state index contributed by atoms with van der Waals surface area (Å²) in [5, 5.41) is 5.47. The van der Waals surface area contributed by atoms with E-state index in [0.29, 0.717) is 12.1 Å². The number of esters is 1. The summed E-state index contributed by atoms with van der Waals surface area (Å²) in [6, 6.07) is 6.43. The van der Waals surface area contributed by atoms with E-state index in [-0.39, 0.29) is 5.92 Å². The van der Waals surface area contributed by atoms with Gasteiger partial charge in [0.1, 0.15) is 11.6 Å². The number of hydrogen-bond donors (Lipinski definition) is 2. The highest BCUT2D eigenvalue weighted by Crippen LogP contribution is 2.18. The lowest BCUT2D eigenvalue weighted by Crippen LogP contribution is -2.46. The lowest BCUT2D eigenvalue weighted by Gasteiger charge is -2.25. The van der Waals surface area contributed by atoms with Crippen molar-refractivity contribution in [2.24, 2.45) is 5.92 Å². The molecule has 5 nitrogen and oxygen atoms in total.